The van der Waals surface area contributed by atoms with Gasteiger partial charge in [-0.2, -0.15) is 0 Å². The summed E-state index contributed by atoms with van der Waals surface area (Å²) in [6, 6.07) is 6.98. The molecule has 0 nitrogen and oxygen atoms in total. The van der Waals surface area contributed by atoms with Crippen LogP contribution in [0.5, 0.6) is 0 Å². The molecule has 2 rings (SSSR count). The van der Waals surface area contributed by atoms with Gasteiger partial charge in [-0.3, -0.25) is 0 Å². The third-order valence-corrected chi connectivity index (χ3v) is 3.16. The molecule has 0 heterocycles. The SMILES string of the molecule is Fc1ccc(CC2CCCCC2)cc1. The van der Waals surface area contributed by atoms with Crippen LogP contribution in [0.1, 0.15) is 37.7 Å². The standard InChI is InChI=1S/C13H17F/c14-13-8-6-12(7-9-13)10-11-4-2-1-3-5-11/h6-9,11H,1-5,10H2. The van der Waals surface area contributed by atoms with Crippen LogP contribution in [0.15, 0.2) is 24.3 Å². The molecule has 0 radical (unpaired) electrons. The Kier molecular flexibility index (Phi) is 3.18. The second kappa shape index (κ2) is 4.59. The van der Waals surface area contributed by atoms with E-state index in [4.69, 9.17) is 0 Å². The van der Waals surface area contributed by atoms with Crippen molar-refractivity contribution in [1.29, 1.82) is 0 Å². The van der Waals surface area contributed by atoms with Gasteiger partial charge >= 0.3 is 0 Å². The summed E-state index contributed by atoms with van der Waals surface area (Å²) >= 11 is 0. The Balaban J connectivity index is 1.92. The van der Waals surface area contributed by atoms with Gasteiger partial charge in [0.05, 0.1) is 0 Å². The Bertz CT molecular complexity index is 270. The van der Waals surface area contributed by atoms with E-state index in [-0.39, 0.29) is 5.82 Å². The van der Waals surface area contributed by atoms with E-state index in [1.807, 2.05) is 12.1 Å². The zero-order valence-electron chi connectivity index (χ0n) is 8.51. The number of halogens is 1. The van der Waals surface area contributed by atoms with Gasteiger partial charge in [0.1, 0.15) is 5.82 Å². The molecule has 1 aromatic carbocycles. The first-order valence-corrected chi connectivity index (χ1v) is 5.59. The molecule has 0 saturated heterocycles. The molecule has 0 bridgehead atoms. The first-order chi connectivity index (χ1) is 6.84. The van der Waals surface area contributed by atoms with E-state index in [1.54, 1.807) is 12.1 Å². The maximum atomic E-state index is 12.7. The van der Waals surface area contributed by atoms with Crippen LogP contribution in [-0.4, -0.2) is 0 Å². The van der Waals surface area contributed by atoms with Gasteiger partial charge in [0.2, 0.25) is 0 Å². The summed E-state index contributed by atoms with van der Waals surface area (Å²) in [6.45, 7) is 0. The van der Waals surface area contributed by atoms with Crippen molar-refractivity contribution in [3.8, 4) is 0 Å². The van der Waals surface area contributed by atoms with Crippen LogP contribution in [0.3, 0.4) is 0 Å². The molecule has 1 fully saturated rings. The minimum atomic E-state index is -0.127. The second-order valence-corrected chi connectivity index (χ2v) is 4.33. The molecule has 0 unspecified atom stereocenters. The molecule has 0 N–H and O–H groups in total. The van der Waals surface area contributed by atoms with E-state index in [1.165, 1.54) is 37.7 Å². The van der Waals surface area contributed by atoms with E-state index in [9.17, 15) is 4.39 Å². The Morgan fingerprint density at radius 3 is 2.29 bits per heavy atom. The Morgan fingerprint density at radius 1 is 1.00 bits per heavy atom. The van der Waals surface area contributed by atoms with E-state index in [2.05, 4.69) is 0 Å². The lowest BCUT2D eigenvalue weighted by molar-refractivity contribution is 0.356. The summed E-state index contributed by atoms with van der Waals surface area (Å²) < 4.78 is 12.7. The first kappa shape index (κ1) is 9.70. The Hall–Kier alpha value is -0.850. The van der Waals surface area contributed by atoms with Crippen LogP contribution < -0.4 is 0 Å². The molecule has 0 spiro atoms. The number of rotatable bonds is 2. The summed E-state index contributed by atoms with van der Waals surface area (Å²) in [5.41, 5.74) is 1.29. The predicted octanol–water partition coefficient (Wildman–Crippen LogP) is 3.95. The highest BCUT2D eigenvalue weighted by atomic mass is 19.1. The lowest BCUT2D eigenvalue weighted by atomic mass is 9.85. The van der Waals surface area contributed by atoms with Gasteiger partial charge in [0.15, 0.2) is 0 Å². The molecule has 0 aromatic heterocycles. The van der Waals surface area contributed by atoms with Crippen molar-refractivity contribution < 1.29 is 4.39 Å². The average molecular weight is 192 g/mol. The van der Waals surface area contributed by atoms with Gasteiger partial charge < -0.3 is 0 Å². The van der Waals surface area contributed by atoms with Gasteiger partial charge in [0, 0.05) is 0 Å². The maximum Gasteiger partial charge on any atom is 0.123 e. The lowest BCUT2D eigenvalue weighted by Crippen LogP contribution is -2.09. The Morgan fingerprint density at radius 2 is 1.64 bits per heavy atom. The smallest absolute Gasteiger partial charge is 0.123 e. The molecule has 1 saturated carbocycles. The summed E-state index contributed by atoms with van der Waals surface area (Å²) in [4.78, 5) is 0. The quantitative estimate of drug-likeness (QED) is 0.665. The highest BCUT2D eigenvalue weighted by Crippen LogP contribution is 2.26. The van der Waals surface area contributed by atoms with E-state index < -0.39 is 0 Å². The van der Waals surface area contributed by atoms with Crippen LogP contribution in [-0.2, 0) is 6.42 Å². The van der Waals surface area contributed by atoms with Crippen molar-refractivity contribution in [2.75, 3.05) is 0 Å². The highest BCUT2D eigenvalue weighted by molar-refractivity contribution is 5.16. The maximum absolute atomic E-state index is 12.7. The van der Waals surface area contributed by atoms with Crippen molar-refractivity contribution in [1.82, 2.24) is 0 Å². The fourth-order valence-electron chi connectivity index (χ4n) is 2.35. The monoisotopic (exact) mass is 192 g/mol. The van der Waals surface area contributed by atoms with Crippen molar-refractivity contribution in [2.45, 2.75) is 38.5 Å². The Labute approximate surface area is 85.1 Å². The fraction of sp³-hybridized carbons (Fsp3) is 0.538. The topological polar surface area (TPSA) is 0 Å². The minimum Gasteiger partial charge on any atom is -0.207 e. The molecular formula is C13H17F. The second-order valence-electron chi connectivity index (χ2n) is 4.33. The molecule has 0 amide bonds. The average Bonchev–Trinajstić information content (AvgIpc) is 2.23. The normalized spacial score (nSPS) is 18.4. The zero-order chi connectivity index (χ0) is 9.80. The third-order valence-electron chi connectivity index (χ3n) is 3.16. The van der Waals surface area contributed by atoms with Gasteiger partial charge in [-0.1, -0.05) is 44.2 Å². The summed E-state index contributed by atoms with van der Waals surface area (Å²) in [5.74, 6) is 0.714. The largest absolute Gasteiger partial charge is 0.207 e. The van der Waals surface area contributed by atoms with Gasteiger partial charge in [0.25, 0.3) is 0 Å². The van der Waals surface area contributed by atoms with Crippen LogP contribution in [0.4, 0.5) is 4.39 Å². The fourth-order valence-corrected chi connectivity index (χ4v) is 2.35. The van der Waals surface area contributed by atoms with Crippen LogP contribution in [0.25, 0.3) is 0 Å². The van der Waals surface area contributed by atoms with Crippen LogP contribution >= 0.6 is 0 Å². The van der Waals surface area contributed by atoms with Crippen LogP contribution in [0.2, 0.25) is 0 Å². The number of hydrogen-bond donors (Lipinski definition) is 0. The van der Waals surface area contributed by atoms with E-state index >= 15 is 0 Å². The van der Waals surface area contributed by atoms with Crippen molar-refractivity contribution >= 4 is 0 Å². The van der Waals surface area contributed by atoms with Gasteiger partial charge in [-0.05, 0) is 30.0 Å². The van der Waals surface area contributed by atoms with Gasteiger partial charge in [-0.25, -0.2) is 4.39 Å². The van der Waals surface area contributed by atoms with Crippen molar-refractivity contribution in [3.05, 3.63) is 35.6 Å². The lowest BCUT2D eigenvalue weighted by Gasteiger charge is -2.21. The number of hydrogen-bond acceptors (Lipinski definition) is 0. The summed E-state index contributed by atoms with van der Waals surface area (Å²) in [6.07, 6.45) is 8.02. The molecule has 1 aliphatic rings. The zero-order valence-corrected chi connectivity index (χ0v) is 8.51. The number of benzene rings is 1. The summed E-state index contributed by atoms with van der Waals surface area (Å²) in [5, 5.41) is 0. The third kappa shape index (κ3) is 2.57. The molecule has 1 heteroatoms. The van der Waals surface area contributed by atoms with Crippen molar-refractivity contribution in [3.63, 3.8) is 0 Å². The summed E-state index contributed by atoms with van der Waals surface area (Å²) in [7, 11) is 0. The highest BCUT2D eigenvalue weighted by Gasteiger charge is 2.13. The first-order valence-electron chi connectivity index (χ1n) is 5.59. The molecule has 76 valence electrons. The van der Waals surface area contributed by atoms with Crippen molar-refractivity contribution in [2.24, 2.45) is 5.92 Å². The molecule has 14 heavy (non-hydrogen) atoms. The van der Waals surface area contributed by atoms with E-state index in [0.29, 0.717) is 0 Å². The molecule has 1 aliphatic carbocycles. The molecular weight excluding hydrogens is 175 g/mol. The molecule has 0 aliphatic heterocycles. The minimum absolute atomic E-state index is 0.127. The molecule has 1 aromatic rings. The molecule has 0 atom stereocenters. The van der Waals surface area contributed by atoms with Gasteiger partial charge in [-0.15, -0.1) is 0 Å². The van der Waals surface area contributed by atoms with Crippen LogP contribution in [0, 0.1) is 11.7 Å². The predicted molar refractivity (Wildman–Crippen MR) is 56.7 cm³/mol. The van der Waals surface area contributed by atoms with E-state index in [0.717, 1.165) is 12.3 Å².